The van der Waals surface area contributed by atoms with Crippen molar-refractivity contribution in [2.24, 2.45) is 0 Å². The van der Waals surface area contributed by atoms with Crippen molar-refractivity contribution in [3.05, 3.63) is 36.0 Å². The van der Waals surface area contributed by atoms with E-state index >= 15 is 0 Å². The fourth-order valence-corrected chi connectivity index (χ4v) is 2.96. The minimum absolute atomic E-state index is 0.178. The van der Waals surface area contributed by atoms with Gasteiger partial charge < -0.3 is 15.1 Å². The van der Waals surface area contributed by atoms with Crippen LogP contribution in [0.3, 0.4) is 0 Å². The Balaban J connectivity index is 1.74. The van der Waals surface area contributed by atoms with Gasteiger partial charge in [0.25, 0.3) is 0 Å². The fourth-order valence-electron chi connectivity index (χ4n) is 2.27. The molecule has 0 spiro atoms. The minimum Gasteiger partial charge on any atom is -0.496 e. The Kier molecular flexibility index (Phi) is 4.67. The molecule has 0 aliphatic heterocycles. The number of hydrogen-bond acceptors (Lipinski definition) is 8. The van der Waals surface area contributed by atoms with Gasteiger partial charge in [-0.05, 0) is 12.1 Å². The van der Waals surface area contributed by atoms with Crippen molar-refractivity contribution in [3.63, 3.8) is 0 Å². The van der Waals surface area contributed by atoms with Gasteiger partial charge in [-0.25, -0.2) is 4.68 Å². The Hall–Kier alpha value is -2.55. The molecule has 3 rings (SSSR count). The average Bonchev–Trinajstić information content (AvgIpc) is 3.19. The lowest BCUT2D eigenvalue weighted by molar-refractivity contribution is 0.390. The highest BCUT2D eigenvalue weighted by molar-refractivity contribution is 7.98. The van der Waals surface area contributed by atoms with E-state index in [1.807, 2.05) is 45.0 Å². The molecule has 0 fully saturated rings. The van der Waals surface area contributed by atoms with Crippen molar-refractivity contribution >= 4 is 11.8 Å². The van der Waals surface area contributed by atoms with Crippen molar-refractivity contribution < 1.29 is 9.26 Å². The number of aromatic nitrogens is 5. The molecule has 25 heavy (non-hydrogen) atoms. The molecule has 2 N–H and O–H groups in total. The molecular weight excluding hydrogens is 340 g/mol. The number of nitrogen functional groups attached to an aromatic ring is 1. The molecule has 0 amide bonds. The Labute approximate surface area is 149 Å². The lowest BCUT2D eigenvalue weighted by atomic mass is 9.96. The third-order valence-electron chi connectivity index (χ3n) is 3.48. The highest BCUT2D eigenvalue weighted by Gasteiger charge is 2.23. The van der Waals surface area contributed by atoms with Gasteiger partial charge in [0.15, 0.2) is 5.82 Å². The molecule has 1 aromatic carbocycles. The summed E-state index contributed by atoms with van der Waals surface area (Å²) in [5.74, 6) is 8.89. The highest BCUT2D eigenvalue weighted by Crippen LogP contribution is 2.29. The fraction of sp³-hybridized carbons (Fsp3) is 0.375. The third kappa shape index (κ3) is 3.60. The number of methoxy groups -OCH3 is 1. The number of hydrogen-bond donors (Lipinski definition) is 1. The van der Waals surface area contributed by atoms with E-state index in [1.54, 1.807) is 7.11 Å². The van der Waals surface area contributed by atoms with Crippen LogP contribution < -0.4 is 10.6 Å². The van der Waals surface area contributed by atoms with Crippen LogP contribution in [0.25, 0.3) is 11.4 Å². The Morgan fingerprint density at radius 2 is 2.00 bits per heavy atom. The number of thioether (sulfide) groups is 1. The highest BCUT2D eigenvalue weighted by atomic mass is 32.2. The Bertz CT molecular complexity index is 868. The van der Waals surface area contributed by atoms with Gasteiger partial charge in [0.2, 0.25) is 16.9 Å². The maximum Gasteiger partial charge on any atom is 0.237 e. The van der Waals surface area contributed by atoms with E-state index in [0.29, 0.717) is 28.4 Å². The molecule has 0 saturated carbocycles. The first kappa shape index (κ1) is 17.3. The second-order valence-electron chi connectivity index (χ2n) is 6.43. The smallest absolute Gasteiger partial charge is 0.237 e. The summed E-state index contributed by atoms with van der Waals surface area (Å²) < 4.78 is 12.1. The maximum absolute atomic E-state index is 6.08. The molecule has 8 nitrogen and oxygen atoms in total. The predicted molar refractivity (Wildman–Crippen MR) is 94.7 cm³/mol. The quantitative estimate of drug-likeness (QED) is 0.547. The molecular formula is C16H20N6O2S. The van der Waals surface area contributed by atoms with Crippen molar-refractivity contribution in [1.82, 2.24) is 25.0 Å². The van der Waals surface area contributed by atoms with Crippen LogP contribution in [-0.4, -0.2) is 32.1 Å². The molecule has 0 atom stereocenters. The topological polar surface area (TPSA) is 105 Å². The molecule has 132 valence electrons. The van der Waals surface area contributed by atoms with Crippen LogP contribution in [0.1, 0.15) is 32.5 Å². The Morgan fingerprint density at radius 1 is 1.24 bits per heavy atom. The van der Waals surface area contributed by atoms with E-state index in [-0.39, 0.29) is 5.41 Å². The zero-order chi connectivity index (χ0) is 18.0. The van der Waals surface area contributed by atoms with E-state index in [1.165, 1.54) is 16.4 Å². The van der Waals surface area contributed by atoms with Gasteiger partial charge >= 0.3 is 0 Å². The van der Waals surface area contributed by atoms with Crippen LogP contribution in [0, 0.1) is 0 Å². The van der Waals surface area contributed by atoms with E-state index in [2.05, 4.69) is 20.3 Å². The maximum atomic E-state index is 6.08. The first-order valence-electron chi connectivity index (χ1n) is 7.70. The van der Waals surface area contributed by atoms with Crippen LogP contribution in [0.2, 0.25) is 0 Å². The van der Waals surface area contributed by atoms with Crippen molar-refractivity contribution in [3.8, 4) is 17.1 Å². The van der Waals surface area contributed by atoms with Crippen LogP contribution >= 0.6 is 11.8 Å². The second kappa shape index (κ2) is 6.75. The zero-order valence-corrected chi connectivity index (χ0v) is 15.4. The summed E-state index contributed by atoms with van der Waals surface area (Å²) in [6.07, 6.45) is 0. The van der Waals surface area contributed by atoms with E-state index in [4.69, 9.17) is 15.1 Å². The number of benzene rings is 1. The third-order valence-corrected chi connectivity index (χ3v) is 4.40. The molecule has 0 unspecified atom stereocenters. The normalized spacial score (nSPS) is 11.7. The lowest BCUT2D eigenvalue weighted by Crippen LogP contribution is -2.24. The minimum atomic E-state index is -0.178. The summed E-state index contributed by atoms with van der Waals surface area (Å²) in [6.45, 7) is 6.10. The zero-order valence-electron chi connectivity index (χ0n) is 14.6. The van der Waals surface area contributed by atoms with Crippen molar-refractivity contribution in [2.75, 3.05) is 13.0 Å². The first-order chi connectivity index (χ1) is 11.9. The summed E-state index contributed by atoms with van der Waals surface area (Å²) in [5, 5.41) is 12.9. The number of nitrogens with zero attached hydrogens (tertiary/aromatic N) is 5. The average molecular weight is 360 g/mol. The molecule has 2 heterocycles. The molecule has 2 aromatic heterocycles. The van der Waals surface area contributed by atoms with Crippen LogP contribution in [0.5, 0.6) is 5.75 Å². The molecule has 0 radical (unpaired) electrons. The molecule has 9 heteroatoms. The van der Waals surface area contributed by atoms with Gasteiger partial charge in [0, 0.05) is 5.41 Å². The van der Waals surface area contributed by atoms with Gasteiger partial charge in [-0.1, -0.05) is 49.8 Å². The monoisotopic (exact) mass is 360 g/mol. The number of para-hydroxylation sites is 1. The summed E-state index contributed by atoms with van der Waals surface area (Å²) in [6, 6.07) is 7.52. The van der Waals surface area contributed by atoms with E-state index < -0.39 is 0 Å². The van der Waals surface area contributed by atoms with Gasteiger partial charge in [0.1, 0.15) is 5.75 Å². The van der Waals surface area contributed by atoms with E-state index in [9.17, 15) is 0 Å². The van der Waals surface area contributed by atoms with Crippen LogP contribution in [0.15, 0.2) is 33.9 Å². The van der Waals surface area contributed by atoms with Crippen LogP contribution in [0.4, 0.5) is 0 Å². The summed E-state index contributed by atoms with van der Waals surface area (Å²) in [7, 11) is 1.61. The molecule has 0 bridgehead atoms. The molecule has 0 aliphatic rings. The second-order valence-corrected chi connectivity index (χ2v) is 7.37. The van der Waals surface area contributed by atoms with Gasteiger partial charge in [-0.3, -0.25) is 0 Å². The number of rotatable bonds is 5. The van der Waals surface area contributed by atoms with Crippen molar-refractivity contribution in [1.29, 1.82) is 0 Å². The summed E-state index contributed by atoms with van der Waals surface area (Å²) in [4.78, 5) is 4.41. The number of nitrogens with two attached hydrogens (primary N) is 1. The van der Waals surface area contributed by atoms with Crippen LogP contribution in [-0.2, 0) is 11.2 Å². The number of ether oxygens (including phenoxy) is 1. The standard InChI is InChI=1S/C16H20N6O2S/c1-16(2,3)14-19-20-15(22(14)17)25-9-12-18-13(21-24-12)10-7-5-6-8-11(10)23-4/h5-8H,9,17H2,1-4H3. The van der Waals surface area contributed by atoms with Gasteiger partial charge in [0.05, 0.1) is 18.4 Å². The summed E-state index contributed by atoms with van der Waals surface area (Å²) >= 11 is 1.39. The predicted octanol–water partition coefficient (Wildman–Crippen LogP) is 2.64. The Morgan fingerprint density at radius 3 is 2.68 bits per heavy atom. The molecule has 0 saturated heterocycles. The summed E-state index contributed by atoms with van der Waals surface area (Å²) in [5.41, 5.74) is 0.601. The first-order valence-corrected chi connectivity index (χ1v) is 8.68. The lowest BCUT2D eigenvalue weighted by Gasteiger charge is -2.16. The SMILES string of the molecule is COc1ccccc1-c1noc(CSc2nnc(C(C)(C)C)n2N)n1. The molecule has 0 aliphatic carbocycles. The largest absolute Gasteiger partial charge is 0.496 e. The van der Waals surface area contributed by atoms with Gasteiger partial charge in [-0.15, -0.1) is 10.2 Å². The van der Waals surface area contributed by atoms with Gasteiger partial charge in [-0.2, -0.15) is 4.98 Å². The van der Waals surface area contributed by atoms with E-state index in [0.717, 1.165) is 11.4 Å². The van der Waals surface area contributed by atoms with Crippen molar-refractivity contribution in [2.45, 2.75) is 37.1 Å². The molecule has 3 aromatic rings.